The van der Waals surface area contributed by atoms with Crippen LogP contribution in [-0.4, -0.2) is 22.1 Å². The summed E-state index contributed by atoms with van der Waals surface area (Å²) >= 11 is 1.42. The summed E-state index contributed by atoms with van der Waals surface area (Å²) in [6, 6.07) is -0.168. The van der Waals surface area contributed by atoms with Gasteiger partial charge in [0.1, 0.15) is 5.01 Å². The van der Waals surface area contributed by atoms with Gasteiger partial charge in [-0.15, -0.1) is 22.6 Å². The zero-order valence-corrected chi connectivity index (χ0v) is 12.8. The molecule has 104 valence electrons. The van der Waals surface area contributed by atoms with Crippen molar-refractivity contribution in [3.63, 3.8) is 0 Å². The minimum atomic E-state index is -0.229. The number of hydrogen-bond acceptors (Lipinski definition) is 5. The first-order valence-electron chi connectivity index (χ1n) is 5.79. The molecule has 0 bridgehead atoms. The van der Waals surface area contributed by atoms with Gasteiger partial charge in [0.2, 0.25) is 11.0 Å². The molecule has 0 radical (unpaired) electrons. The molecule has 3 N–H and O–H groups in total. The zero-order valence-electron chi connectivity index (χ0n) is 11.1. The predicted molar refractivity (Wildman–Crippen MR) is 77.1 cm³/mol. The van der Waals surface area contributed by atoms with Crippen LogP contribution >= 0.6 is 23.7 Å². The van der Waals surface area contributed by atoms with E-state index in [1.807, 2.05) is 6.92 Å². The van der Waals surface area contributed by atoms with Crippen LogP contribution in [0.1, 0.15) is 32.7 Å². The molecule has 0 saturated heterocycles. The Kier molecular flexibility index (Phi) is 7.35. The van der Waals surface area contributed by atoms with Crippen molar-refractivity contribution < 1.29 is 4.79 Å². The second-order valence-corrected chi connectivity index (χ2v) is 5.80. The molecule has 1 heterocycles. The van der Waals surface area contributed by atoms with Gasteiger partial charge < -0.3 is 11.1 Å². The summed E-state index contributed by atoms with van der Waals surface area (Å²) < 4.78 is 0. The molecule has 0 aliphatic heterocycles. The van der Waals surface area contributed by atoms with Crippen LogP contribution in [0.4, 0.5) is 5.13 Å². The molecule has 1 amide bonds. The minimum absolute atomic E-state index is 0. The largest absolute Gasteiger partial charge is 0.327 e. The topological polar surface area (TPSA) is 80.9 Å². The number of amides is 1. The highest BCUT2D eigenvalue weighted by Gasteiger charge is 2.18. The van der Waals surface area contributed by atoms with E-state index in [2.05, 4.69) is 29.4 Å². The molecule has 1 rings (SSSR count). The van der Waals surface area contributed by atoms with E-state index in [1.54, 1.807) is 6.92 Å². The number of halogens is 1. The van der Waals surface area contributed by atoms with Crippen LogP contribution < -0.4 is 11.1 Å². The smallest absolute Gasteiger partial charge is 0.230 e. The molecule has 2 unspecified atom stereocenters. The number of nitrogens with two attached hydrogens (primary N) is 1. The quantitative estimate of drug-likeness (QED) is 0.870. The van der Waals surface area contributed by atoms with E-state index in [4.69, 9.17) is 5.73 Å². The number of aromatic nitrogens is 2. The molecule has 5 nitrogen and oxygen atoms in total. The fourth-order valence-corrected chi connectivity index (χ4v) is 2.15. The van der Waals surface area contributed by atoms with Crippen LogP contribution in [0.5, 0.6) is 0 Å². The molecule has 0 aromatic carbocycles. The summed E-state index contributed by atoms with van der Waals surface area (Å²) in [5, 5.41) is 12.2. The summed E-state index contributed by atoms with van der Waals surface area (Å²) in [6.07, 6.45) is 0.885. The SMILES string of the molecule is CC(C)Cc1nnc(NC(=O)C(C)C(C)N)s1.Cl. The van der Waals surface area contributed by atoms with Crippen molar-refractivity contribution in [1.82, 2.24) is 10.2 Å². The van der Waals surface area contributed by atoms with Crippen LogP contribution in [0.25, 0.3) is 0 Å². The van der Waals surface area contributed by atoms with E-state index in [1.165, 1.54) is 11.3 Å². The lowest BCUT2D eigenvalue weighted by atomic mass is 10.0. The third-order valence-electron chi connectivity index (χ3n) is 2.48. The first kappa shape index (κ1) is 17.3. The summed E-state index contributed by atoms with van der Waals surface area (Å²) in [7, 11) is 0. The maximum atomic E-state index is 11.7. The molecule has 0 saturated carbocycles. The van der Waals surface area contributed by atoms with E-state index >= 15 is 0 Å². The number of carbonyl (C=O) groups excluding carboxylic acids is 1. The number of anilines is 1. The zero-order chi connectivity index (χ0) is 13.0. The maximum absolute atomic E-state index is 11.7. The number of carbonyl (C=O) groups is 1. The van der Waals surface area contributed by atoms with Gasteiger partial charge in [-0.25, -0.2) is 0 Å². The Morgan fingerprint density at radius 3 is 2.44 bits per heavy atom. The van der Waals surface area contributed by atoms with Crippen molar-refractivity contribution in [3.05, 3.63) is 5.01 Å². The van der Waals surface area contributed by atoms with Gasteiger partial charge in [-0.1, -0.05) is 32.1 Å². The summed E-state index contributed by atoms with van der Waals surface area (Å²) in [5.41, 5.74) is 5.67. The Morgan fingerprint density at radius 2 is 1.94 bits per heavy atom. The predicted octanol–water partition coefficient (Wildman–Crippen LogP) is 2.08. The highest BCUT2D eigenvalue weighted by Crippen LogP contribution is 2.19. The van der Waals surface area contributed by atoms with Gasteiger partial charge in [0.15, 0.2) is 0 Å². The highest BCUT2D eigenvalue weighted by molar-refractivity contribution is 7.15. The lowest BCUT2D eigenvalue weighted by molar-refractivity contribution is -0.119. The molecule has 0 aliphatic carbocycles. The van der Waals surface area contributed by atoms with E-state index in [0.29, 0.717) is 11.0 Å². The van der Waals surface area contributed by atoms with Crippen molar-refractivity contribution in [2.75, 3.05) is 5.32 Å². The third kappa shape index (κ3) is 5.29. The molecular formula is C11H21ClN4OS. The standard InChI is InChI=1S/C11H20N4OS.ClH/c1-6(2)5-9-14-15-11(17-9)13-10(16)7(3)8(4)12;/h6-8H,5,12H2,1-4H3,(H,13,15,16);1H. The van der Waals surface area contributed by atoms with Crippen LogP contribution in [0.3, 0.4) is 0 Å². The summed E-state index contributed by atoms with van der Waals surface area (Å²) in [4.78, 5) is 11.7. The Bertz CT molecular complexity index is 381. The average Bonchev–Trinajstić information content (AvgIpc) is 2.63. The van der Waals surface area contributed by atoms with Crippen LogP contribution in [0.15, 0.2) is 0 Å². The van der Waals surface area contributed by atoms with Gasteiger partial charge in [0, 0.05) is 12.5 Å². The third-order valence-corrected chi connectivity index (χ3v) is 3.34. The van der Waals surface area contributed by atoms with Crippen molar-refractivity contribution in [2.45, 2.75) is 40.2 Å². The molecule has 0 fully saturated rings. The lowest BCUT2D eigenvalue weighted by Gasteiger charge is -2.13. The molecule has 7 heteroatoms. The Balaban J connectivity index is 0.00000289. The molecule has 1 aromatic heterocycles. The molecule has 0 aliphatic rings. The van der Waals surface area contributed by atoms with E-state index < -0.39 is 0 Å². The van der Waals surface area contributed by atoms with Gasteiger partial charge >= 0.3 is 0 Å². The minimum Gasteiger partial charge on any atom is -0.327 e. The van der Waals surface area contributed by atoms with Crippen molar-refractivity contribution >= 4 is 34.8 Å². The van der Waals surface area contributed by atoms with Crippen molar-refractivity contribution in [3.8, 4) is 0 Å². The van der Waals surface area contributed by atoms with Gasteiger partial charge in [0.25, 0.3) is 0 Å². The Morgan fingerprint density at radius 1 is 1.33 bits per heavy atom. The fraction of sp³-hybridized carbons (Fsp3) is 0.727. The molecule has 1 aromatic rings. The monoisotopic (exact) mass is 292 g/mol. The molecular weight excluding hydrogens is 272 g/mol. The molecule has 18 heavy (non-hydrogen) atoms. The van der Waals surface area contributed by atoms with E-state index in [0.717, 1.165) is 11.4 Å². The normalized spacial score (nSPS) is 13.9. The van der Waals surface area contributed by atoms with Gasteiger partial charge in [-0.05, 0) is 12.8 Å². The molecule has 0 spiro atoms. The summed E-state index contributed by atoms with van der Waals surface area (Å²) in [5.74, 6) is 0.203. The second-order valence-electron chi connectivity index (χ2n) is 4.74. The van der Waals surface area contributed by atoms with Crippen LogP contribution in [0, 0.1) is 11.8 Å². The lowest BCUT2D eigenvalue weighted by Crippen LogP contribution is -2.34. The van der Waals surface area contributed by atoms with Gasteiger partial charge in [-0.3, -0.25) is 4.79 Å². The average molecular weight is 293 g/mol. The van der Waals surface area contributed by atoms with Gasteiger partial charge in [-0.2, -0.15) is 0 Å². The fourth-order valence-electron chi connectivity index (χ4n) is 1.19. The highest BCUT2D eigenvalue weighted by atomic mass is 35.5. The van der Waals surface area contributed by atoms with Gasteiger partial charge in [0.05, 0.1) is 5.92 Å². The van der Waals surface area contributed by atoms with E-state index in [-0.39, 0.29) is 30.3 Å². The first-order chi connectivity index (χ1) is 7.90. The van der Waals surface area contributed by atoms with Crippen LogP contribution in [0.2, 0.25) is 0 Å². The van der Waals surface area contributed by atoms with Crippen molar-refractivity contribution in [1.29, 1.82) is 0 Å². The second kappa shape index (κ2) is 7.66. The van der Waals surface area contributed by atoms with E-state index in [9.17, 15) is 4.79 Å². The first-order valence-corrected chi connectivity index (χ1v) is 6.60. The van der Waals surface area contributed by atoms with Crippen molar-refractivity contribution in [2.24, 2.45) is 17.6 Å². The summed E-state index contributed by atoms with van der Waals surface area (Å²) in [6.45, 7) is 7.86. The number of rotatable bonds is 5. The number of hydrogen-bond donors (Lipinski definition) is 2. The Hall–Kier alpha value is -0.720. The molecule has 2 atom stereocenters. The van der Waals surface area contributed by atoms with Crippen LogP contribution in [-0.2, 0) is 11.2 Å². The number of nitrogens with zero attached hydrogens (tertiary/aromatic N) is 2. The number of nitrogens with one attached hydrogen (secondary N) is 1. The maximum Gasteiger partial charge on any atom is 0.230 e. The Labute approximate surface area is 118 Å².